The average Bonchev–Trinajstić information content (AvgIpc) is 2.29. The van der Waals surface area contributed by atoms with Gasteiger partial charge in [-0.1, -0.05) is 13.3 Å². The van der Waals surface area contributed by atoms with Gasteiger partial charge in [-0.05, 0) is 32.1 Å². The van der Waals surface area contributed by atoms with Gasteiger partial charge in [-0.15, -0.1) is 0 Å². The molecule has 1 rings (SSSR count). The molecule has 1 amide bonds. The second kappa shape index (κ2) is 5.92. The van der Waals surface area contributed by atoms with Crippen molar-refractivity contribution < 1.29 is 35.9 Å². The normalized spacial score (nSPS) is 24.6. The maximum atomic E-state index is 12.6. The Hall–Kier alpha value is -1.15. The summed E-state index contributed by atoms with van der Waals surface area (Å²) in [6.45, 7) is 1.61. The number of carbonyl (C=O) groups is 1. The molecule has 124 valence electrons. The lowest BCUT2D eigenvalue weighted by atomic mass is 9.88. The smallest absolute Gasteiger partial charge is 0.420 e. The summed E-state index contributed by atoms with van der Waals surface area (Å²) < 4.78 is 80.5. The van der Waals surface area contributed by atoms with Gasteiger partial charge in [0.15, 0.2) is 0 Å². The Kier molecular flexibility index (Phi) is 5.05. The second-order valence-corrected chi connectivity index (χ2v) is 5.45. The van der Waals surface area contributed by atoms with Gasteiger partial charge < -0.3 is 4.74 Å². The van der Waals surface area contributed by atoms with Crippen LogP contribution in [0.25, 0.3) is 0 Å². The molecule has 0 radical (unpaired) electrons. The first-order chi connectivity index (χ1) is 9.38. The van der Waals surface area contributed by atoms with E-state index in [1.54, 1.807) is 6.92 Å². The Labute approximate surface area is 118 Å². The molecule has 2 atom stereocenters. The number of rotatable bonds is 2. The number of nitrogens with one attached hydrogen (secondary N) is 1. The Bertz CT molecular complexity index is 365. The Morgan fingerprint density at radius 2 is 1.52 bits per heavy atom. The predicted octanol–water partition coefficient (Wildman–Crippen LogP) is 4.17. The predicted molar refractivity (Wildman–Crippen MR) is 61.6 cm³/mol. The van der Waals surface area contributed by atoms with Gasteiger partial charge in [0.1, 0.15) is 6.10 Å². The lowest BCUT2D eigenvalue weighted by Gasteiger charge is -2.35. The van der Waals surface area contributed by atoms with Crippen LogP contribution in [0, 0.1) is 5.92 Å². The first kappa shape index (κ1) is 17.9. The van der Waals surface area contributed by atoms with Crippen molar-refractivity contribution in [1.82, 2.24) is 5.32 Å². The van der Waals surface area contributed by atoms with Crippen molar-refractivity contribution in [3.63, 3.8) is 0 Å². The highest BCUT2D eigenvalue weighted by molar-refractivity contribution is 5.69. The first-order valence-corrected chi connectivity index (χ1v) is 6.51. The van der Waals surface area contributed by atoms with E-state index in [1.165, 1.54) is 0 Å². The fourth-order valence-electron chi connectivity index (χ4n) is 2.13. The van der Waals surface area contributed by atoms with Gasteiger partial charge in [0.25, 0.3) is 0 Å². The SMILES string of the molecule is C[C@@H]1CCCC[C@H]1OC(=O)NC(C)(C(F)(F)F)C(F)(F)F. The molecule has 1 N–H and O–H groups in total. The summed E-state index contributed by atoms with van der Waals surface area (Å²) in [6, 6.07) is 0. The fourth-order valence-corrected chi connectivity index (χ4v) is 2.13. The molecule has 0 aromatic rings. The molecule has 0 aromatic heterocycles. The number of alkyl carbamates (subject to hydrolysis) is 1. The van der Waals surface area contributed by atoms with Crippen LogP contribution in [-0.4, -0.2) is 30.1 Å². The van der Waals surface area contributed by atoms with E-state index in [0.29, 0.717) is 12.8 Å². The summed E-state index contributed by atoms with van der Waals surface area (Å²) in [5.74, 6) is -0.0903. The molecule has 1 saturated carbocycles. The fraction of sp³-hybridized carbons (Fsp3) is 0.917. The Balaban J connectivity index is 2.78. The molecule has 0 aromatic carbocycles. The van der Waals surface area contributed by atoms with Gasteiger partial charge >= 0.3 is 18.4 Å². The second-order valence-electron chi connectivity index (χ2n) is 5.45. The summed E-state index contributed by atoms with van der Waals surface area (Å²) in [6.07, 6.45) is -11.0. The largest absolute Gasteiger partial charge is 0.446 e. The summed E-state index contributed by atoms with van der Waals surface area (Å²) >= 11 is 0. The summed E-state index contributed by atoms with van der Waals surface area (Å²) in [4.78, 5) is 11.4. The molecule has 0 bridgehead atoms. The molecular weight excluding hydrogens is 304 g/mol. The topological polar surface area (TPSA) is 38.3 Å². The third-order valence-corrected chi connectivity index (χ3v) is 3.78. The van der Waals surface area contributed by atoms with Crippen LogP contribution < -0.4 is 5.32 Å². The molecular formula is C12H17F6NO2. The van der Waals surface area contributed by atoms with E-state index in [2.05, 4.69) is 0 Å². The highest BCUT2D eigenvalue weighted by Gasteiger charge is 2.69. The molecule has 1 aliphatic carbocycles. The minimum atomic E-state index is -5.68. The minimum Gasteiger partial charge on any atom is -0.446 e. The summed E-state index contributed by atoms with van der Waals surface area (Å²) in [7, 11) is 0. The zero-order chi connectivity index (χ0) is 16.5. The number of amides is 1. The van der Waals surface area contributed by atoms with Crippen LogP contribution in [0.2, 0.25) is 0 Å². The van der Waals surface area contributed by atoms with Crippen molar-refractivity contribution in [3.05, 3.63) is 0 Å². The quantitative estimate of drug-likeness (QED) is 0.775. The monoisotopic (exact) mass is 321 g/mol. The lowest BCUT2D eigenvalue weighted by Crippen LogP contribution is -2.65. The van der Waals surface area contributed by atoms with Gasteiger partial charge in [-0.2, -0.15) is 26.3 Å². The van der Waals surface area contributed by atoms with Crippen LogP contribution in [0.4, 0.5) is 31.1 Å². The van der Waals surface area contributed by atoms with Gasteiger partial charge in [0.2, 0.25) is 5.54 Å². The Morgan fingerprint density at radius 1 is 1.05 bits per heavy atom. The summed E-state index contributed by atoms with van der Waals surface area (Å²) in [5, 5.41) is 0.930. The molecule has 0 spiro atoms. The van der Waals surface area contributed by atoms with Gasteiger partial charge in [-0.3, -0.25) is 5.32 Å². The van der Waals surface area contributed by atoms with Gasteiger partial charge in [0.05, 0.1) is 0 Å². The van der Waals surface area contributed by atoms with E-state index in [4.69, 9.17) is 4.74 Å². The van der Waals surface area contributed by atoms with Crippen molar-refractivity contribution in [1.29, 1.82) is 0 Å². The molecule has 0 aliphatic heterocycles. The van der Waals surface area contributed by atoms with Crippen LogP contribution in [0.1, 0.15) is 39.5 Å². The van der Waals surface area contributed by atoms with Crippen LogP contribution >= 0.6 is 0 Å². The third kappa shape index (κ3) is 3.94. The van der Waals surface area contributed by atoms with Gasteiger partial charge in [-0.25, -0.2) is 4.79 Å². The Morgan fingerprint density at radius 3 is 1.95 bits per heavy atom. The van der Waals surface area contributed by atoms with Crippen molar-refractivity contribution in [2.24, 2.45) is 5.92 Å². The lowest BCUT2D eigenvalue weighted by molar-refractivity contribution is -0.299. The van der Waals surface area contributed by atoms with Crippen molar-refractivity contribution >= 4 is 6.09 Å². The maximum absolute atomic E-state index is 12.6. The number of hydrogen-bond donors (Lipinski definition) is 1. The molecule has 1 fully saturated rings. The zero-order valence-corrected chi connectivity index (χ0v) is 11.6. The van der Waals surface area contributed by atoms with Crippen molar-refractivity contribution in [2.45, 2.75) is 63.5 Å². The molecule has 0 saturated heterocycles. The van der Waals surface area contributed by atoms with E-state index in [1.807, 2.05) is 0 Å². The standard InChI is InChI=1S/C12H17F6NO2/c1-7-5-3-4-6-8(7)21-9(20)19-10(2,11(13,14)15)12(16,17)18/h7-8H,3-6H2,1-2H3,(H,19,20)/t7-,8-/m1/s1. The molecule has 21 heavy (non-hydrogen) atoms. The van der Waals surface area contributed by atoms with Crippen LogP contribution in [-0.2, 0) is 4.74 Å². The number of alkyl halides is 6. The number of hydrogen-bond acceptors (Lipinski definition) is 2. The third-order valence-electron chi connectivity index (χ3n) is 3.78. The first-order valence-electron chi connectivity index (χ1n) is 6.51. The molecule has 9 heteroatoms. The van der Waals surface area contributed by atoms with E-state index in [0.717, 1.165) is 18.2 Å². The molecule has 3 nitrogen and oxygen atoms in total. The number of carbonyl (C=O) groups excluding carboxylic acids is 1. The van der Waals surface area contributed by atoms with Crippen molar-refractivity contribution in [2.75, 3.05) is 0 Å². The summed E-state index contributed by atoms with van der Waals surface area (Å²) in [5.41, 5.74) is -4.34. The van der Waals surface area contributed by atoms with Crippen molar-refractivity contribution in [3.8, 4) is 0 Å². The van der Waals surface area contributed by atoms with Gasteiger partial charge in [0, 0.05) is 0 Å². The van der Waals surface area contributed by atoms with E-state index in [-0.39, 0.29) is 12.8 Å². The molecule has 1 aliphatic rings. The molecule has 0 unspecified atom stereocenters. The minimum absolute atomic E-state index is 0.0903. The number of halogens is 6. The highest BCUT2D eigenvalue weighted by atomic mass is 19.4. The van der Waals surface area contributed by atoms with E-state index in [9.17, 15) is 31.1 Å². The highest BCUT2D eigenvalue weighted by Crippen LogP contribution is 2.42. The zero-order valence-electron chi connectivity index (χ0n) is 11.6. The molecule has 0 heterocycles. The van der Waals surface area contributed by atoms with Crippen LogP contribution in [0.3, 0.4) is 0 Å². The number of ether oxygens (including phenoxy) is 1. The van der Waals surface area contributed by atoms with Crippen LogP contribution in [0.15, 0.2) is 0 Å². The average molecular weight is 321 g/mol. The van der Waals surface area contributed by atoms with E-state index >= 15 is 0 Å². The maximum Gasteiger partial charge on any atom is 0.420 e. The van der Waals surface area contributed by atoms with Crippen LogP contribution in [0.5, 0.6) is 0 Å². The van der Waals surface area contributed by atoms with E-state index < -0.39 is 30.1 Å².